The molecule has 0 atom stereocenters. The molecule has 1 amide bonds. The Labute approximate surface area is 136 Å². The van der Waals surface area contributed by atoms with Crippen molar-refractivity contribution in [2.24, 2.45) is 0 Å². The van der Waals surface area contributed by atoms with E-state index in [0.29, 0.717) is 17.9 Å². The average molecular weight is 339 g/mol. The van der Waals surface area contributed by atoms with E-state index >= 15 is 0 Å². The number of ether oxygens (including phenoxy) is 1. The van der Waals surface area contributed by atoms with Gasteiger partial charge in [0.05, 0.1) is 24.3 Å². The van der Waals surface area contributed by atoms with Crippen LogP contribution in [0.5, 0.6) is 5.75 Å². The van der Waals surface area contributed by atoms with E-state index in [1.165, 1.54) is 24.3 Å². The molecule has 2 aromatic carbocycles. The summed E-state index contributed by atoms with van der Waals surface area (Å²) < 4.78 is 44.2. The van der Waals surface area contributed by atoms with Crippen molar-refractivity contribution in [3.05, 3.63) is 59.2 Å². The van der Waals surface area contributed by atoms with Crippen molar-refractivity contribution in [2.45, 2.75) is 19.7 Å². The first-order valence-corrected chi connectivity index (χ1v) is 7.21. The lowest BCUT2D eigenvalue weighted by molar-refractivity contribution is -0.137. The van der Waals surface area contributed by atoms with Crippen molar-refractivity contribution in [3.63, 3.8) is 0 Å². The van der Waals surface area contributed by atoms with Crippen LogP contribution in [-0.4, -0.2) is 17.6 Å². The van der Waals surface area contributed by atoms with Crippen LogP contribution < -0.4 is 10.1 Å². The van der Waals surface area contributed by atoms with Crippen LogP contribution in [0.4, 0.5) is 18.9 Å². The van der Waals surface area contributed by atoms with E-state index in [1.54, 1.807) is 13.0 Å². The van der Waals surface area contributed by atoms with E-state index in [0.717, 1.165) is 12.1 Å². The number of anilines is 1. The second-order valence-electron chi connectivity index (χ2n) is 4.91. The number of aliphatic hydroxyl groups is 1. The summed E-state index contributed by atoms with van der Waals surface area (Å²) in [6, 6.07) is 9.05. The van der Waals surface area contributed by atoms with Gasteiger partial charge in [0.2, 0.25) is 0 Å². The standard InChI is InChI=1S/C17H16F3NO3/c1-2-24-15-8-7-12(9-11(15)10-22)21-16(23)13-5-3-4-6-14(13)17(18,19)20/h3-9,22H,2,10H2,1H3,(H,21,23). The number of aliphatic hydroxyl groups excluding tert-OH is 1. The van der Waals surface area contributed by atoms with Crippen LogP contribution in [0.15, 0.2) is 42.5 Å². The molecule has 0 spiro atoms. The summed E-state index contributed by atoms with van der Waals surface area (Å²) >= 11 is 0. The van der Waals surface area contributed by atoms with Crippen molar-refractivity contribution in [3.8, 4) is 5.75 Å². The molecule has 0 aliphatic heterocycles. The highest BCUT2D eigenvalue weighted by molar-refractivity contribution is 6.05. The average Bonchev–Trinajstić information content (AvgIpc) is 2.55. The number of halogens is 3. The minimum atomic E-state index is -4.62. The third-order valence-corrected chi connectivity index (χ3v) is 3.27. The number of rotatable bonds is 5. The van der Waals surface area contributed by atoms with E-state index < -0.39 is 23.2 Å². The van der Waals surface area contributed by atoms with E-state index in [9.17, 15) is 23.1 Å². The van der Waals surface area contributed by atoms with Gasteiger partial charge in [-0.1, -0.05) is 12.1 Å². The van der Waals surface area contributed by atoms with E-state index in [-0.39, 0.29) is 12.3 Å². The SMILES string of the molecule is CCOc1ccc(NC(=O)c2ccccc2C(F)(F)F)cc1CO. The Kier molecular flexibility index (Phi) is 5.46. The second-order valence-corrected chi connectivity index (χ2v) is 4.91. The van der Waals surface area contributed by atoms with Gasteiger partial charge in [-0.25, -0.2) is 0 Å². The summed E-state index contributed by atoms with van der Waals surface area (Å²) in [7, 11) is 0. The summed E-state index contributed by atoms with van der Waals surface area (Å²) in [5.41, 5.74) is -0.775. The monoisotopic (exact) mass is 339 g/mol. The van der Waals surface area contributed by atoms with Crippen molar-refractivity contribution in [1.29, 1.82) is 0 Å². The van der Waals surface area contributed by atoms with E-state index in [1.807, 2.05) is 0 Å². The zero-order valence-corrected chi connectivity index (χ0v) is 12.9. The Morgan fingerprint density at radius 1 is 1.21 bits per heavy atom. The number of benzene rings is 2. The summed E-state index contributed by atoms with van der Waals surface area (Å²) in [5, 5.41) is 11.7. The van der Waals surface area contributed by atoms with Crippen molar-refractivity contribution >= 4 is 11.6 Å². The molecule has 7 heteroatoms. The number of carbonyl (C=O) groups is 1. The lowest BCUT2D eigenvalue weighted by Gasteiger charge is -2.14. The summed E-state index contributed by atoms with van der Waals surface area (Å²) in [4.78, 5) is 12.2. The van der Waals surface area contributed by atoms with Crippen molar-refractivity contribution < 1.29 is 27.8 Å². The molecule has 0 bridgehead atoms. The molecule has 0 aliphatic rings. The van der Waals surface area contributed by atoms with Gasteiger partial charge in [0.15, 0.2) is 0 Å². The van der Waals surface area contributed by atoms with E-state index in [4.69, 9.17) is 4.74 Å². The minimum Gasteiger partial charge on any atom is -0.494 e. The van der Waals surface area contributed by atoms with Gasteiger partial charge in [-0.15, -0.1) is 0 Å². The van der Waals surface area contributed by atoms with Gasteiger partial charge in [0, 0.05) is 11.3 Å². The number of amides is 1. The topological polar surface area (TPSA) is 58.6 Å². The second kappa shape index (κ2) is 7.35. The molecule has 24 heavy (non-hydrogen) atoms. The predicted octanol–water partition coefficient (Wildman–Crippen LogP) is 3.85. The zero-order valence-electron chi connectivity index (χ0n) is 12.9. The molecule has 0 heterocycles. The lowest BCUT2D eigenvalue weighted by Crippen LogP contribution is -2.18. The van der Waals surface area contributed by atoms with Gasteiger partial charge < -0.3 is 15.2 Å². The van der Waals surface area contributed by atoms with Crippen LogP contribution in [-0.2, 0) is 12.8 Å². The molecule has 128 valence electrons. The van der Waals surface area contributed by atoms with Crippen molar-refractivity contribution in [1.82, 2.24) is 0 Å². The van der Waals surface area contributed by atoms with Crippen LogP contribution in [0.3, 0.4) is 0 Å². The first-order valence-electron chi connectivity index (χ1n) is 7.21. The first kappa shape index (κ1) is 17.8. The molecule has 0 fully saturated rings. The molecule has 2 rings (SSSR count). The summed E-state index contributed by atoms with van der Waals surface area (Å²) in [6.07, 6.45) is -4.62. The molecule has 0 saturated heterocycles. The molecular weight excluding hydrogens is 323 g/mol. The summed E-state index contributed by atoms with van der Waals surface area (Å²) in [5.74, 6) is -0.426. The Bertz CT molecular complexity index is 729. The summed E-state index contributed by atoms with van der Waals surface area (Å²) in [6.45, 7) is 1.86. The van der Waals surface area contributed by atoms with Crippen LogP contribution >= 0.6 is 0 Å². The van der Waals surface area contributed by atoms with Gasteiger partial charge in [0.1, 0.15) is 5.75 Å². The highest BCUT2D eigenvalue weighted by Gasteiger charge is 2.34. The molecule has 4 nitrogen and oxygen atoms in total. The molecule has 0 aliphatic carbocycles. The highest BCUT2D eigenvalue weighted by Crippen LogP contribution is 2.32. The largest absolute Gasteiger partial charge is 0.494 e. The maximum atomic E-state index is 13.0. The quantitative estimate of drug-likeness (QED) is 0.870. The fraction of sp³-hybridized carbons (Fsp3) is 0.235. The van der Waals surface area contributed by atoms with Gasteiger partial charge >= 0.3 is 6.18 Å². The van der Waals surface area contributed by atoms with Crippen molar-refractivity contribution in [2.75, 3.05) is 11.9 Å². The Morgan fingerprint density at radius 2 is 1.92 bits per heavy atom. The van der Waals surface area contributed by atoms with Gasteiger partial charge in [-0.3, -0.25) is 4.79 Å². The third-order valence-electron chi connectivity index (χ3n) is 3.27. The molecular formula is C17H16F3NO3. The molecule has 0 unspecified atom stereocenters. The molecule has 0 radical (unpaired) electrons. The zero-order chi connectivity index (χ0) is 17.7. The number of hydrogen-bond acceptors (Lipinski definition) is 3. The Balaban J connectivity index is 2.28. The van der Waals surface area contributed by atoms with E-state index in [2.05, 4.69) is 5.32 Å². The highest BCUT2D eigenvalue weighted by atomic mass is 19.4. The van der Waals surface area contributed by atoms with Crippen LogP contribution in [0.1, 0.15) is 28.4 Å². The van der Waals surface area contributed by atoms with Crippen LogP contribution in [0.25, 0.3) is 0 Å². The Hall–Kier alpha value is -2.54. The molecule has 0 saturated carbocycles. The predicted molar refractivity (Wildman–Crippen MR) is 82.9 cm³/mol. The number of alkyl halides is 3. The maximum Gasteiger partial charge on any atom is 0.417 e. The van der Waals surface area contributed by atoms with Gasteiger partial charge in [0.25, 0.3) is 5.91 Å². The molecule has 2 aromatic rings. The Morgan fingerprint density at radius 3 is 2.54 bits per heavy atom. The maximum absolute atomic E-state index is 13.0. The number of nitrogens with one attached hydrogen (secondary N) is 1. The number of hydrogen-bond donors (Lipinski definition) is 2. The minimum absolute atomic E-state index is 0.268. The van der Waals surface area contributed by atoms with Gasteiger partial charge in [-0.05, 0) is 37.3 Å². The van der Waals surface area contributed by atoms with Crippen LogP contribution in [0, 0.1) is 0 Å². The third kappa shape index (κ3) is 4.05. The first-order chi connectivity index (χ1) is 11.4. The number of carbonyl (C=O) groups excluding carboxylic acids is 1. The van der Waals surface area contributed by atoms with Crippen LogP contribution in [0.2, 0.25) is 0 Å². The smallest absolute Gasteiger partial charge is 0.417 e. The van der Waals surface area contributed by atoms with Gasteiger partial charge in [-0.2, -0.15) is 13.2 Å². The fourth-order valence-electron chi connectivity index (χ4n) is 2.20. The molecule has 0 aromatic heterocycles. The normalized spacial score (nSPS) is 11.2. The molecule has 2 N–H and O–H groups in total. The fourth-order valence-corrected chi connectivity index (χ4v) is 2.20. The lowest BCUT2D eigenvalue weighted by atomic mass is 10.1.